The smallest absolute Gasteiger partial charge is 0.185 e. The molecule has 0 aliphatic heterocycles. The van der Waals surface area contributed by atoms with E-state index >= 15 is 0 Å². The van der Waals surface area contributed by atoms with Crippen LogP contribution < -0.4 is 5.43 Å². The molecule has 3 rings (SSSR count). The van der Waals surface area contributed by atoms with Gasteiger partial charge in [0.1, 0.15) is 0 Å². The molecule has 0 bridgehead atoms. The van der Waals surface area contributed by atoms with Crippen molar-refractivity contribution in [2.45, 2.75) is 37.5 Å². The van der Waals surface area contributed by atoms with Crippen molar-refractivity contribution in [3.8, 4) is 0 Å². The van der Waals surface area contributed by atoms with Crippen molar-refractivity contribution in [2.24, 2.45) is 0 Å². The molecule has 68 valence electrons. The largest absolute Gasteiger partial charge is 0.364 e. The molecule has 2 saturated carbocycles. The van der Waals surface area contributed by atoms with E-state index < -0.39 is 0 Å². The molecule has 2 aliphatic carbocycles. The minimum atomic E-state index is 0.253. The molecule has 1 aromatic rings. The van der Waals surface area contributed by atoms with Gasteiger partial charge in [0.2, 0.25) is 0 Å². The normalized spacial score (nSPS) is 21.8. The number of H-pyrrole nitrogens is 1. The molecule has 0 radical (unpaired) electrons. The highest BCUT2D eigenvalue weighted by atomic mass is 16.1. The summed E-state index contributed by atoms with van der Waals surface area (Å²) in [6.45, 7) is 0. The summed E-state index contributed by atoms with van der Waals surface area (Å²) in [5.41, 5.74) is 2.60. The molecular weight excluding hydrogens is 162 g/mol. The Bertz CT molecular complexity index is 385. The Kier molecular flexibility index (Phi) is 1.40. The van der Waals surface area contributed by atoms with Gasteiger partial charge < -0.3 is 4.98 Å². The molecule has 2 fully saturated rings. The summed E-state index contributed by atoms with van der Waals surface area (Å²) in [6, 6.07) is 1.67. The van der Waals surface area contributed by atoms with Gasteiger partial charge in [-0.1, -0.05) is 0 Å². The van der Waals surface area contributed by atoms with Crippen molar-refractivity contribution >= 4 is 0 Å². The van der Waals surface area contributed by atoms with Crippen LogP contribution in [0.3, 0.4) is 0 Å². The monoisotopic (exact) mass is 175 g/mol. The average molecular weight is 175 g/mol. The zero-order valence-corrected chi connectivity index (χ0v) is 7.55. The maximum Gasteiger partial charge on any atom is 0.185 e. The molecule has 0 unspecified atom stereocenters. The molecule has 0 aromatic carbocycles. The molecule has 1 aromatic heterocycles. The maximum atomic E-state index is 11.6. The Morgan fingerprint density at radius 3 is 2.46 bits per heavy atom. The summed E-state index contributed by atoms with van der Waals surface area (Å²) in [4.78, 5) is 14.9. The second-order valence-corrected chi connectivity index (χ2v) is 4.22. The van der Waals surface area contributed by atoms with Gasteiger partial charge in [-0.3, -0.25) is 4.79 Å². The van der Waals surface area contributed by atoms with Crippen LogP contribution in [0, 0.1) is 0 Å². The van der Waals surface area contributed by atoms with Crippen LogP contribution in [0.4, 0.5) is 0 Å². The zero-order valence-electron chi connectivity index (χ0n) is 7.55. The van der Waals surface area contributed by atoms with Crippen molar-refractivity contribution in [3.05, 3.63) is 33.7 Å². The SMILES string of the molecule is O=c1cc[nH]c(C2CC2)c1C1CC1. The number of aromatic amines is 1. The molecule has 0 spiro atoms. The lowest BCUT2D eigenvalue weighted by molar-refractivity contribution is 0.935. The van der Waals surface area contributed by atoms with Crippen LogP contribution in [0.5, 0.6) is 0 Å². The summed E-state index contributed by atoms with van der Waals surface area (Å²) in [6.07, 6.45) is 6.75. The van der Waals surface area contributed by atoms with E-state index in [0.29, 0.717) is 11.8 Å². The minimum Gasteiger partial charge on any atom is -0.364 e. The van der Waals surface area contributed by atoms with E-state index in [1.165, 1.54) is 31.4 Å². The van der Waals surface area contributed by atoms with Crippen molar-refractivity contribution in [2.75, 3.05) is 0 Å². The first-order valence-corrected chi connectivity index (χ1v) is 5.08. The van der Waals surface area contributed by atoms with Gasteiger partial charge in [0, 0.05) is 23.5 Å². The number of rotatable bonds is 2. The van der Waals surface area contributed by atoms with E-state index in [-0.39, 0.29) is 5.43 Å². The van der Waals surface area contributed by atoms with E-state index in [1.807, 2.05) is 0 Å². The van der Waals surface area contributed by atoms with E-state index in [0.717, 1.165) is 5.56 Å². The summed E-state index contributed by atoms with van der Waals surface area (Å²) < 4.78 is 0. The number of aromatic nitrogens is 1. The highest BCUT2D eigenvalue weighted by Gasteiger charge is 2.34. The lowest BCUT2D eigenvalue weighted by Gasteiger charge is -2.05. The third-order valence-corrected chi connectivity index (χ3v) is 3.00. The fraction of sp³-hybridized carbons (Fsp3) is 0.545. The number of hydrogen-bond acceptors (Lipinski definition) is 1. The molecule has 2 heteroatoms. The van der Waals surface area contributed by atoms with Crippen LogP contribution in [-0.4, -0.2) is 4.98 Å². The van der Waals surface area contributed by atoms with E-state index in [2.05, 4.69) is 4.98 Å². The van der Waals surface area contributed by atoms with Gasteiger partial charge in [0.25, 0.3) is 0 Å². The number of nitrogens with one attached hydrogen (secondary N) is 1. The van der Waals surface area contributed by atoms with Crippen molar-refractivity contribution in [1.82, 2.24) is 4.98 Å². The summed E-state index contributed by atoms with van der Waals surface area (Å²) in [7, 11) is 0. The van der Waals surface area contributed by atoms with Gasteiger partial charge in [-0.15, -0.1) is 0 Å². The summed E-state index contributed by atoms with van der Waals surface area (Å²) >= 11 is 0. The third-order valence-electron chi connectivity index (χ3n) is 3.00. The van der Waals surface area contributed by atoms with Crippen LogP contribution in [0.25, 0.3) is 0 Å². The minimum absolute atomic E-state index is 0.253. The van der Waals surface area contributed by atoms with Gasteiger partial charge in [0.15, 0.2) is 5.43 Å². The Morgan fingerprint density at radius 1 is 1.15 bits per heavy atom. The third kappa shape index (κ3) is 1.21. The van der Waals surface area contributed by atoms with Crippen LogP contribution in [-0.2, 0) is 0 Å². The van der Waals surface area contributed by atoms with Gasteiger partial charge in [0.05, 0.1) is 0 Å². The second kappa shape index (κ2) is 2.47. The van der Waals surface area contributed by atoms with E-state index in [9.17, 15) is 4.79 Å². The predicted octanol–water partition coefficient (Wildman–Crippen LogP) is 2.13. The standard InChI is InChI=1S/C11H13NO/c13-9-5-6-12-11(8-3-4-8)10(9)7-1-2-7/h5-8H,1-4H2,(H,12,13). The van der Waals surface area contributed by atoms with Crippen molar-refractivity contribution in [3.63, 3.8) is 0 Å². The van der Waals surface area contributed by atoms with Crippen LogP contribution in [0.2, 0.25) is 0 Å². The highest BCUT2D eigenvalue weighted by molar-refractivity contribution is 5.32. The van der Waals surface area contributed by atoms with Gasteiger partial charge in [-0.2, -0.15) is 0 Å². The number of pyridine rings is 1. The first-order valence-electron chi connectivity index (χ1n) is 5.08. The predicted molar refractivity (Wildman–Crippen MR) is 51.0 cm³/mol. The Labute approximate surface area is 77.0 Å². The maximum absolute atomic E-state index is 11.6. The topological polar surface area (TPSA) is 32.9 Å². The first-order chi connectivity index (χ1) is 6.36. The number of hydrogen-bond donors (Lipinski definition) is 1. The molecular formula is C11H13NO. The molecule has 13 heavy (non-hydrogen) atoms. The highest BCUT2D eigenvalue weighted by Crippen LogP contribution is 2.46. The molecule has 2 aliphatic rings. The fourth-order valence-electron chi connectivity index (χ4n) is 2.01. The zero-order chi connectivity index (χ0) is 8.84. The average Bonchev–Trinajstić information content (AvgIpc) is 3.00. The Morgan fingerprint density at radius 2 is 1.85 bits per heavy atom. The molecule has 1 N–H and O–H groups in total. The summed E-state index contributed by atoms with van der Waals surface area (Å²) in [5, 5.41) is 0. The van der Waals surface area contributed by atoms with Crippen LogP contribution in [0.15, 0.2) is 17.1 Å². The van der Waals surface area contributed by atoms with Crippen molar-refractivity contribution in [1.29, 1.82) is 0 Å². The Hall–Kier alpha value is -1.05. The first kappa shape index (κ1) is 7.36. The lowest BCUT2D eigenvalue weighted by atomic mass is 10.1. The molecule has 1 heterocycles. The van der Waals surface area contributed by atoms with Crippen LogP contribution >= 0.6 is 0 Å². The molecule has 0 amide bonds. The quantitative estimate of drug-likeness (QED) is 0.733. The molecule has 2 nitrogen and oxygen atoms in total. The van der Waals surface area contributed by atoms with E-state index in [4.69, 9.17) is 0 Å². The van der Waals surface area contributed by atoms with Crippen molar-refractivity contribution < 1.29 is 0 Å². The van der Waals surface area contributed by atoms with E-state index in [1.54, 1.807) is 12.3 Å². The van der Waals surface area contributed by atoms with Gasteiger partial charge in [-0.25, -0.2) is 0 Å². The second-order valence-electron chi connectivity index (χ2n) is 4.22. The van der Waals surface area contributed by atoms with Gasteiger partial charge >= 0.3 is 0 Å². The molecule has 0 saturated heterocycles. The molecule has 0 atom stereocenters. The summed E-state index contributed by atoms with van der Waals surface area (Å²) in [5.74, 6) is 1.25. The van der Waals surface area contributed by atoms with Gasteiger partial charge in [-0.05, 0) is 37.5 Å². The fourth-order valence-corrected chi connectivity index (χ4v) is 2.01. The Balaban J connectivity index is 2.14. The van der Waals surface area contributed by atoms with Crippen LogP contribution in [0.1, 0.15) is 48.8 Å². The lowest BCUT2D eigenvalue weighted by Crippen LogP contribution is -2.10.